The number of pyridine rings is 1. The van der Waals surface area contributed by atoms with Gasteiger partial charge in [-0.05, 0) is 29.8 Å². The van der Waals surface area contributed by atoms with Gasteiger partial charge in [0, 0.05) is 12.1 Å². The molecule has 0 radical (unpaired) electrons. The van der Waals surface area contributed by atoms with Gasteiger partial charge in [-0.15, -0.1) is 13.2 Å². The van der Waals surface area contributed by atoms with Gasteiger partial charge in [-0.1, -0.05) is 24.8 Å². The molecule has 0 amide bonds. The lowest BCUT2D eigenvalue weighted by Crippen LogP contribution is -2.17. The highest BCUT2D eigenvalue weighted by molar-refractivity contribution is 5.62. The number of nitrogens with zero attached hydrogens (tertiary/aromatic N) is 1. The second-order valence-electron chi connectivity index (χ2n) is 4.42. The fourth-order valence-electron chi connectivity index (χ4n) is 1.76. The standard InChI is InChI=1S/C15H14F3N3O/c1-2-11-5-8-13(21-14(11)19)20-9-10-3-6-12(7-4-10)22-15(16,17)18/h2-8H,1,9H2,(H3,19,20,21). The fraction of sp³-hybridized carbons (Fsp3) is 0.133. The minimum atomic E-state index is -4.69. The summed E-state index contributed by atoms with van der Waals surface area (Å²) in [6.45, 7) is 4.01. The number of nitrogen functional groups attached to an aromatic ring is 1. The Morgan fingerprint density at radius 3 is 2.41 bits per heavy atom. The van der Waals surface area contributed by atoms with Gasteiger partial charge in [0.05, 0.1) is 0 Å². The Morgan fingerprint density at radius 1 is 1.18 bits per heavy atom. The van der Waals surface area contributed by atoms with Gasteiger partial charge in [0.2, 0.25) is 0 Å². The van der Waals surface area contributed by atoms with Crippen molar-refractivity contribution in [2.45, 2.75) is 12.9 Å². The van der Waals surface area contributed by atoms with Crippen LogP contribution in [0.1, 0.15) is 11.1 Å². The van der Waals surface area contributed by atoms with Gasteiger partial charge < -0.3 is 15.8 Å². The molecule has 0 aliphatic heterocycles. The summed E-state index contributed by atoms with van der Waals surface area (Å²) in [4.78, 5) is 4.15. The summed E-state index contributed by atoms with van der Waals surface area (Å²) in [5.74, 6) is 0.668. The molecule has 2 aromatic rings. The summed E-state index contributed by atoms with van der Waals surface area (Å²) >= 11 is 0. The van der Waals surface area contributed by atoms with Crippen molar-refractivity contribution in [1.82, 2.24) is 4.98 Å². The lowest BCUT2D eigenvalue weighted by molar-refractivity contribution is -0.274. The number of aromatic nitrogens is 1. The van der Waals surface area contributed by atoms with E-state index in [2.05, 4.69) is 21.6 Å². The molecular formula is C15H14F3N3O. The van der Waals surface area contributed by atoms with Crippen molar-refractivity contribution in [3.8, 4) is 5.75 Å². The summed E-state index contributed by atoms with van der Waals surface area (Å²) in [5, 5.41) is 3.03. The van der Waals surface area contributed by atoms with Crippen LogP contribution in [0.25, 0.3) is 6.08 Å². The average Bonchev–Trinajstić information content (AvgIpc) is 2.45. The summed E-state index contributed by atoms with van der Waals surface area (Å²) in [6, 6.07) is 9.11. The third kappa shape index (κ3) is 4.41. The number of halogens is 3. The van der Waals surface area contributed by atoms with Crippen LogP contribution in [0.2, 0.25) is 0 Å². The highest BCUT2D eigenvalue weighted by Crippen LogP contribution is 2.23. The lowest BCUT2D eigenvalue weighted by atomic mass is 10.2. The second kappa shape index (κ2) is 6.38. The first-order chi connectivity index (χ1) is 10.4. The zero-order valence-corrected chi connectivity index (χ0v) is 11.5. The highest BCUT2D eigenvalue weighted by atomic mass is 19.4. The number of nitrogens with one attached hydrogen (secondary N) is 1. The van der Waals surface area contributed by atoms with Crippen molar-refractivity contribution >= 4 is 17.7 Å². The van der Waals surface area contributed by atoms with Crippen LogP contribution in [-0.2, 0) is 6.54 Å². The average molecular weight is 309 g/mol. The third-order valence-electron chi connectivity index (χ3n) is 2.81. The van der Waals surface area contributed by atoms with Gasteiger partial charge in [-0.3, -0.25) is 0 Å². The topological polar surface area (TPSA) is 60.2 Å². The van der Waals surface area contributed by atoms with E-state index in [-0.39, 0.29) is 5.75 Å². The molecule has 0 unspecified atom stereocenters. The van der Waals surface area contributed by atoms with E-state index in [9.17, 15) is 13.2 Å². The Balaban J connectivity index is 1.97. The summed E-state index contributed by atoms with van der Waals surface area (Å²) in [7, 11) is 0. The van der Waals surface area contributed by atoms with Gasteiger partial charge in [-0.25, -0.2) is 4.98 Å². The number of hydrogen-bond acceptors (Lipinski definition) is 4. The van der Waals surface area contributed by atoms with Crippen LogP contribution in [0.15, 0.2) is 43.0 Å². The number of rotatable bonds is 5. The monoisotopic (exact) mass is 309 g/mol. The Morgan fingerprint density at radius 2 is 1.86 bits per heavy atom. The fourth-order valence-corrected chi connectivity index (χ4v) is 1.76. The number of ether oxygens (including phenoxy) is 1. The first-order valence-electron chi connectivity index (χ1n) is 6.35. The van der Waals surface area contributed by atoms with Crippen molar-refractivity contribution < 1.29 is 17.9 Å². The van der Waals surface area contributed by atoms with Gasteiger partial charge in [0.25, 0.3) is 0 Å². The molecule has 4 nitrogen and oxygen atoms in total. The first-order valence-corrected chi connectivity index (χ1v) is 6.35. The van der Waals surface area contributed by atoms with E-state index in [1.165, 1.54) is 24.3 Å². The Labute approximate surface area is 125 Å². The van der Waals surface area contributed by atoms with Crippen molar-refractivity contribution in [2.24, 2.45) is 0 Å². The number of hydrogen-bond donors (Lipinski definition) is 2. The van der Waals surface area contributed by atoms with Gasteiger partial charge in [0.1, 0.15) is 17.4 Å². The molecular weight excluding hydrogens is 295 g/mol. The molecule has 0 aliphatic rings. The molecule has 0 saturated heterocycles. The van der Waals surface area contributed by atoms with Crippen LogP contribution < -0.4 is 15.8 Å². The third-order valence-corrected chi connectivity index (χ3v) is 2.81. The number of nitrogens with two attached hydrogens (primary N) is 1. The highest BCUT2D eigenvalue weighted by Gasteiger charge is 2.30. The molecule has 0 atom stereocenters. The van der Waals surface area contributed by atoms with Crippen LogP contribution in [0, 0.1) is 0 Å². The molecule has 0 saturated carbocycles. The molecule has 7 heteroatoms. The number of alkyl halides is 3. The molecule has 0 spiro atoms. The maximum Gasteiger partial charge on any atom is 0.573 e. The van der Waals surface area contributed by atoms with Gasteiger partial charge >= 0.3 is 6.36 Å². The van der Waals surface area contributed by atoms with Crippen LogP contribution in [0.4, 0.5) is 24.8 Å². The minimum Gasteiger partial charge on any atom is -0.406 e. The maximum atomic E-state index is 12.0. The van der Waals surface area contributed by atoms with Crippen LogP contribution in [-0.4, -0.2) is 11.3 Å². The van der Waals surface area contributed by atoms with E-state index in [0.717, 1.165) is 11.1 Å². The summed E-state index contributed by atoms with van der Waals surface area (Å²) < 4.78 is 39.9. The Bertz CT molecular complexity index is 654. The van der Waals surface area contributed by atoms with Crippen LogP contribution in [0.3, 0.4) is 0 Å². The number of benzene rings is 1. The quantitative estimate of drug-likeness (QED) is 0.881. The maximum absolute atomic E-state index is 12.0. The summed E-state index contributed by atoms with van der Waals surface area (Å²) in [5.41, 5.74) is 7.25. The molecule has 1 aromatic carbocycles. The van der Waals surface area contributed by atoms with Crippen molar-refractivity contribution in [2.75, 3.05) is 11.1 Å². The predicted molar refractivity (Wildman–Crippen MR) is 79.2 cm³/mol. The molecule has 3 N–H and O–H groups in total. The van der Waals surface area contributed by atoms with E-state index in [1.54, 1.807) is 18.2 Å². The SMILES string of the molecule is C=Cc1ccc(NCc2ccc(OC(F)(F)F)cc2)nc1N. The summed E-state index contributed by atoms with van der Waals surface area (Å²) in [6.07, 6.45) is -3.08. The predicted octanol–water partition coefficient (Wildman–Crippen LogP) is 3.82. The minimum absolute atomic E-state index is 0.256. The molecule has 22 heavy (non-hydrogen) atoms. The normalized spacial score (nSPS) is 11.0. The molecule has 1 aromatic heterocycles. The van der Waals surface area contributed by atoms with Crippen LogP contribution in [0.5, 0.6) is 5.75 Å². The molecule has 1 heterocycles. The Kier molecular flexibility index (Phi) is 4.55. The van der Waals surface area contributed by atoms with Gasteiger partial charge in [0.15, 0.2) is 0 Å². The van der Waals surface area contributed by atoms with E-state index in [0.29, 0.717) is 18.2 Å². The van der Waals surface area contributed by atoms with E-state index in [1.807, 2.05) is 0 Å². The largest absolute Gasteiger partial charge is 0.573 e. The van der Waals surface area contributed by atoms with Crippen molar-refractivity contribution in [3.63, 3.8) is 0 Å². The molecule has 0 aliphatic carbocycles. The molecule has 0 fully saturated rings. The van der Waals surface area contributed by atoms with Crippen LogP contribution >= 0.6 is 0 Å². The van der Waals surface area contributed by atoms with E-state index >= 15 is 0 Å². The van der Waals surface area contributed by atoms with E-state index in [4.69, 9.17) is 5.73 Å². The van der Waals surface area contributed by atoms with Crippen molar-refractivity contribution in [3.05, 3.63) is 54.1 Å². The van der Waals surface area contributed by atoms with Gasteiger partial charge in [-0.2, -0.15) is 0 Å². The molecule has 116 valence electrons. The van der Waals surface area contributed by atoms with E-state index < -0.39 is 6.36 Å². The first kappa shape index (κ1) is 15.7. The smallest absolute Gasteiger partial charge is 0.406 e. The second-order valence-corrected chi connectivity index (χ2v) is 4.42. The molecule has 2 rings (SSSR count). The Hall–Kier alpha value is -2.70. The number of anilines is 2. The lowest BCUT2D eigenvalue weighted by Gasteiger charge is -2.10. The zero-order chi connectivity index (χ0) is 16.2. The van der Waals surface area contributed by atoms with Crippen molar-refractivity contribution in [1.29, 1.82) is 0 Å². The molecule has 0 bridgehead atoms. The zero-order valence-electron chi connectivity index (χ0n) is 11.5.